The maximum atomic E-state index is 11.7. The van der Waals surface area contributed by atoms with Crippen molar-refractivity contribution in [2.24, 2.45) is 0 Å². The summed E-state index contributed by atoms with van der Waals surface area (Å²) in [4.78, 5) is 25.8. The lowest BCUT2D eigenvalue weighted by Crippen LogP contribution is -2.24. The van der Waals surface area contributed by atoms with Gasteiger partial charge in [-0.15, -0.1) is 0 Å². The molecule has 2 N–H and O–H groups in total. The number of hydrogen-bond acceptors (Lipinski definition) is 3. The van der Waals surface area contributed by atoms with Gasteiger partial charge >= 0.3 is 5.97 Å². The number of halogens is 1. The van der Waals surface area contributed by atoms with Crippen molar-refractivity contribution in [3.8, 4) is 0 Å². The molecule has 1 heterocycles. The topological polar surface area (TPSA) is 79.3 Å². The molecule has 98 valence electrons. The minimum atomic E-state index is -0.791. The molecular formula is C12H15ClN2O3. The number of aromatic nitrogens is 1. The van der Waals surface area contributed by atoms with Crippen LogP contribution in [0.3, 0.4) is 0 Å². The van der Waals surface area contributed by atoms with Gasteiger partial charge in [-0.05, 0) is 18.9 Å². The lowest BCUT2D eigenvalue weighted by atomic mass is 10.2. The minimum Gasteiger partial charge on any atom is -0.481 e. The van der Waals surface area contributed by atoms with Gasteiger partial charge in [0.2, 0.25) is 0 Å². The molecule has 0 fully saturated rings. The van der Waals surface area contributed by atoms with Crippen LogP contribution in [0.2, 0.25) is 5.02 Å². The zero-order chi connectivity index (χ0) is 13.4. The van der Waals surface area contributed by atoms with Crippen LogP contribution in [0, 0.1) is 0 Å². The van der Waals surface area contributed by atoms with Crippen LogP contribution in [-0.2, 0) is 4.79 Å². The highest BCUT2D eigenvalue weighted by Gasteiger charge is 2.08. The highest BCUT2D eigenvalue weighted by atomic mass is 35.5. The summed E-state index contributed by atoms with van der Waals surface area (Å²) < 4.78 is 0. The van der Waals surface area contributed by atoms with Gasteiger partial charge in [-0.25, -0.2) is 0 Å². The van der Waals surface area contributed by atoms with E-state index in [-0.39, 0.29) is 12.3 Å². The van der Waals surface area contributed by atoms with E-state index in [9.17, 15) is 9.59 Å². The Bertz CT molecular complexity index is 424. The monoisotopic (exact) mass is 270 g/mol. The number of carbonyl (C=O) groups is 2. The van der Waals surface area contributed by atoms with Gasteiger partial charge in [0.1, 0.15) is 0 Å². The lowest BCUT2D eigenvalue weighted by molar-refractivity contribution is -0.137. The van der Waals surface area contributed by atoms with Gasteiger partial charge in [0.25, 0.3) is 5.91 Å². The number of unbranched alkanes of at least 4 members (excludes halogenated alkanes) is 2. The van der Waals surface area contributed by atoms with E-state index in [1.54, 1.807) is 6.07 Å². The molecule has 5 nitrogen and oxygen atoms in total. The number of aliphatic carboxylic acids is 1. The van der Waals surface area contributed by atoms with Crippen molar-refractivity contribution in [3.05, 3.63) is 29.0 Å². The number of nitrogens with one attached hydrogen (secondary N) is 1. The summed E-state index contributed by atoms with van der Waals surface area (Å²) in [6.07, 6.45) is 5.25. The second kappa shape index (κ2) is 7.66. The van der Waals surface area contributed by atoms with E-state index in [1.165, 1.54) is 12.4 Å². The smallest absolute Gasteiger partial charge is 0.303 e. The van der Waals surface area contributed by atoms with E-state index in [2.05, 4.69) is 10.3 Å². The Hall–Kier alpha value is -1.62. The van der Waals surface area contributed by atoms with Crippen molar-refractivity contribution in [2.45, 2.75) is 25.7 Å². The molecule has 18 heavy (non-hydrogen) atoms. The third-order valence-corrected chi connectivity index (χ3v) is 2.70. The molecule has 0 aliphatic carbocycles. The van der Waals surface area contributed by atoms with Crippen molar-refractivity contribution in [2.75, 3.05) is 6.54 Å². The highest BCUT2D eigenvalue weighted by molar-refractivity contribution is 6.33. The maximum absolute atomic E-state index is 11.7. The third-order valence-electron chi connectivity index (χ3n) is 2.37. The van der Waals surface area contributed by atoms with E-state index in [4.69, 9.17) is 16.7 Å². The van der Waals surface area contributed by atoms with Crippen LogP contribution >= 0.6 is 11.6 Å². The summed E-state index contributed by atoms with van der Waals surface area (Å²) >= 11 is 5.85. The van der Waals surface area contributed by atoms with E-state index < -0.39 is 5.97 Å². The normalized spacial score (nSPS) is 10.1. The van der Waals surface area contributed by atoms with Crippen molar-refractivity contribution in [3.63, 3.8) is 0 Å². The third kappa shape index (κ3) is 5.14. The SMILES string of the molecule is O=C(O)CCCCCNC(=O)c1cnccc1Cl. The fourth-order valence-corrected chi connectivity index (χ4v) is 1.61. The number of carboxylic acid groups (broad SMARTS) is 1. The molecule has 1 rings (SSSR count). The number of nitrogens with zero attached hydrogens (tertiary/aromatic N) is 1. The Morgan fingerprint density at radius 2 is 2.11 bits per heavy atom. The molecule has 0 aliphatic heterocycles. The van der Waals surface area contributed by atoms with Gasteiger partial charge in [-0.2, -0.15) is 0 Å². The molecule has 0 saturated heterocycles. The Morgan fingerprint density at radius 1 is 1.33 bits per heavy atom. The van der Waals surface area contributed by atoms with Crippen LogP contribution in [0.4, 0.5) is 0 Å². The average molecular weight is 271 g/mol. The van der Waals surface area contributed by atoms with Crippen molar-refractivity contribution in [1.29, 1.82) is 0 Å². The molecule has 6 heteroatoms. The molecule has 0 atom stereocenters. The molecule has 0 bridgehead atoms. The molecule has 0 aromatic carbocycles. The standard InChI is InChI=1S/C12H15ClN2O3/c13-10-5-7-14-8-9(10)12(18)15-6-3-1-2-4-11(16)17/h5,7-8H,1-4,6H2,(H,15,18)(H,16,17). The van der Waals surface area contributed by atoms with Gasteiger partial charge < -0.3 is 10.4 Å². The Morgan fingerprint density at radius 3 is 2.78 bits per heavy atom. The molecule has 0 aliphatic rings. The first kappa shape index (κ1) is 14.4. The zero-order valence-electron chi connectivity index (χ0n) is 9.86. The second-order valence-corrected chi connectivity index (χ2v) is 4.22. The zero-order valence-corrected chi connectivity index (χ0v) is 10.6. The summed E-state index contributed by atoms with van der Waals surface area (Å²) in [7, 11) is 0. The summed E-state index contributed by atoms with van der Waals surface area (Å²) in [6.45, 7) is 0.504. The van der Waals surface area contributed by atoms with E-state index >= 15 is 0 Å². The van der Waals surface area contributed by atoms with Crippen LogP contribution in [0.1, 0.15) is 36.0 Å². The van der Waals surface area contributed by atoms with Gasteiger partial charge in [0.15, 0.2) is 0 Å². The first-order valence-corrected chi connectivity index (χ1v) is 6.08. The van der Waals surface area contributed by atoms with Crippen molar-refractivity contribution < 1.29 is 14.7 Å². The predicted molar refractivity (Wildman–Crippen MR) is 67.7 cm³/mol. The van der Waals surface area contributed by atoms with Crippen LogP contribution < -0.4 is 5.32 Å². The molecule has 1 aromatic rings. The first-order chi connectivity index (χ1) is 8.61. The number of carboxylic acids is 1. The molecule has 0 saturated carbocycles. The summed E-state index contributed by atoms with van der Waals surface area (Å²) in [6, 6.07) is 1.56. The van der Waals surface area contributed by atoms with Crippen LogP contribution in [-0.4, -0.2) is 28.5 Å². The Kier molecular flexibility index (Phi) is 6.14. The average Bonchev–Trinajstić information content (AvgIpc) is 2.33. The maximum Gasteiger partial charge on any atom is 0.303 e. The minimum absolute atomic E-state index is 0.169. The number of pyridine rings is 1. The lowest BCUT2D eigenvalue weighted by Gasteiger charge is -2.05. The Balaban J connectivity index is 2.22. The molecule has 1 amide bonds. The highest BCUT2D eigenvalue weighted by Crippen LogP contribution is 2.12. The quantitative estimate of drug-likeness (QED) is 0.744. The second-order valence-electron chi connectivity index (χ2n) is 3.82. The van der Waals surface area contributed by atoms with E-state index in [1.807, 2.05) is 0 Å². The number of carbonyl (C=O) groups excluding carboxylic acids is 1. The molecular weight excluding hydrogens is 256 g/mol. The van der Waals surface area contributed by atoms with Crippen LogP contribution in [0.25, 0.3) is 0 Å². The number of rotatable bonds is 7. The molecule has 0 radical (unpaired) electrons. The van der Waals surface area contributed by atoms with E-state index in [0.717, 1.165) is 12.8 Å². The van der Waals surface area contributed by atoms with Gasteiger partial charge in [-0.1, -0.05) is 18.0 Å². The van der Waals surface area contributed by atoms with Crippen LogP contribution in [0.15, 0.2) is 18.5 Å². The Labute approximate surface area is 110 Å². The number of amides is 1. The first-order valence-electron chi connectivity index (χ1n) is 5.71. The number of hydrogen-bond donors (Lipinski definition) is 2. The van der Waals surface area contributed by atoms with Gasteiger partial charge in [0, 0.05) is 25.4 Å². The molecule has 0 spiro atoms. The molecule has 1 aromatic heterocycles. The molecule has 0 unspecified atom stereocenters. The summed E-state index contributed by atoms with van der Waals surface area (Å²) in [5.41, 5.74) is 0.352. The van der Waals surface area contributed by atoms with Gasteiger partial charge in [0.05, 0.1) is 10.6 Å². The fraction of sp³-hybridized carbons (Fsp3) is 0.417. The fourth-order valence-electron chi connectivity index (χ4n) is 1.42. The summed E-state index contributed by atoms with van der Waals surface area (Å²) in [5.74, 6) is -1.05. The van der Waals surface area contributed by atoms with Gasteiger partial charge in [-0.3, -0.25) is 14.6 Å². The summed E-state index contributed by atoms with van der Waals surface area (Å²) in [5, 5.41) is 11.5. The van der Waals surface area contributed by atoms with Crippen LogP contribution in [0.5, 0.6) is 0 Å². The predicted octanol–water partition coefficient (Wildman–Crippen LogP) is 2.11. The largest absolute Gasteiger partial charge is 0.481 e. The van der Waals surface area contributed by atoms with E-state index in [0.29, 0.717) is 23.6 Å². The van der Waals surface area contributed by atoms with Crippen molar-refractivity contribution >= 4 is 23.5 Å². The van der Waals surface area contributed by atoms with Crippen molar-refractivity contribution in [1.82, 2.24) is 10.3 Å².